The Morgan fingerprint density at radius 1 is 1.55 bits per heavy atom. The fraction of sp³-hybridized carbons (Fsp3) is 0.588. The Hall–Kier alpha value is -1.26. The second kappa shape index (κ2) is 7.84. The first-order valence-electron chi connectivity index (χ1n) is 8.00. The normalized spacial score (nSPS) is 21.3. The van der Waals surface area contributed by atoms with Gasteiger partial charge in [-0.25, -0.2) is 4.79 Å². The number of carbonyl (C=O) groups is 1. The van der Waals surface area contributed by atoms with Crippen molar-refractivity contribution >= 4 is 17.6 Å². The van der Waals surface area contributed by atoms with E-state index in [0.717, 1.165) is 31.4 Å². The molecule has 0 spiro atoms. The van der Waals surface area contributed by atoms with Crippen molar-refractivity contribution in [3.8, 4) is 0 Å². The summed E-state index contributed by atoms with van der Waals surface area (Å²) >= 11 is 6.03. The van der Waals surface area contributed by atoms with E-state index < -0.39 is 0 Å². The van der Waals surface area contributed by atoms with Crippen molar-refractivity contribution in [1.29, 1.82) is 0 Å². The van der Waals surface area contributed by atoms with Gasteiger partial charge in [-0.3, -0.25) is 0 Å². The van der Waals surface area contributed by atoms with E-state index >= 15 is 0 Å². The third-order valence-corrected chi connectivity index (χ3v) is 4.62. The zero-order valence-electron chi connectivity index (χ0n) is 13.3. The number of nitrogens with zero attached hydrogens (tertiary/aromatic N) is 1. The number of benzene rings is 1. The van der Waals surface area contributed by atoms with Crippen LogP contribution in [-0.4, -0.2) is 35.2 Å². The van der Waals surface area contributed by atoms with Crippen LogP contribution in [0, 0.1) is 5.92 Å². The molecule has 4 nitrogen and oxygen atoms in total. The predicted octanol–water partition coefficient (Wildman–Crippen LogP) is 3.59. The van der Waals surface area contributed by atoms with Crippen LogP contribution in [0.3, 0.4) is 0 Å². The summed E-state index contributed by atoms with van der Waals surface area (Å²) in [5.41, 5.74) is 1.02. The molecule has 1 aromatic carbocycles. The molecule has 2 rings (SSSR count). The van der Waals surface area contributed by atoms with E-state index in [1.807, 2.05) is 36.1 Å². The molecule has 2 amide bonds. The van der Waals surface area contributed by atoms with Crippen LogP contribution < -0.4 is 5.32 Å². The van der Waals surface area contributed by atoms with Gasteiger partial charge in [0.25, 0.3) is 0 Å². The number of hydrogen-bond donors (Lipinski definition) is 2. The molecule has 1 heterocycles. The van der Waals surface area contributed by atoms with Crippen molar-refractivity contribution in [3.05, 3.63) is 34.9 Å². The third kappa shape index (κ3) is 4.37. The molecule has 0 saturated carbocycles. The average molecular weight is 325 g/mol. The predicted molar refractivity (Wildman–Crippen MR) is 89.0 cm³/mol. The van der Waals surface area contributed by atoms with E-state index in [-0.39, 0.29) is 24.1 Å². The van der Waals surface area contributed by atoms with Crippen LogP contribution in [0.1, 0.15) is 44.7 Å². The topological polar surface area (TPSA) is 52.6 Å². The Morgan fingerprint density at radius 2 is 2.32 bits per heavy atom. The Morgan fingerprint density at radius 3 is 2.95 bits per heavy atom. The lowest BCUT2D eigenvalue weighted by Gasteiger charge is -2.35. The zero-order valence-corrected chi connectivity index (χ0v) is 14.0. The van der Waals surface area contributed by atoms with Gasteiger partial charge in [-0.15, -0.1) is 0 Å². The minimum Gasteiger partial charge on any atom is -0.393 e. The van der Waals surface area contributed by atoms with Gasteiger partial charge in [0.1, 0.15) is 0 Å². The monoisotopic (exact) mass is 324 g/mol. The summed E-state index contributed by atoms with van der Waals surface area (Å²) in [7, 11) is 0. The zero-order chi connectivity index (χ0) is 16.1. The maximum Gasteiger partial charge on any atom is 0.317 e. The van der Waals surface area contributed by atoms with Crippen molar-refractivity contribution in [1.82, 2.24) is 10.2 Å². The molecule has 3 unspecified atom stereocenters. The molecule has 22 heavy (non-hydrogen) atoms. The van der Waals surface area contributed by atoms with Crippen molar-refractivity contribution in [2.45, 2.75) is 45.3 Å². The van der Waals surface area contributed by atoms with Gasteiger partial charge in [0.2, 0.25) is 0 Å². The summed E-state index contributed by atoms with van der Waals surface area (Å²) in [5.74, 6) is 0.172. The molecule has 1 saturated heterocycles. The molecule has 0 aliphatic carbocycles. The molecule has 0 bridgehead atoms. The second-order valence-electron chi connectivity index (χ2n) is 6.05. The number of nitrogens with one attached hydrogen (secondary N) is 1. The molecule has 0 radical (unpaired) electrons. The highest BCUT2D eigenvalue weighted by Gasteiger charge is 2.27. The highest BCUT2D eigenvalue weighted by Crippen LogP contribution is 2.23. The summed E-state index contributed by atoms with van der Waals surface area (Å²) in [6.07, 6.45) is 2.36. The van der Waals surface area contributed by atoms with E-state index in [4.69, 9.17) is 11.6 Å². The number of amides is 2. The number of piperidine rings is 1. The molecular formula is C17H25ClN2O2. The molecule has 2 N–H and O–H groups in total. The summed E-state index contributed by atoms with van der Waals surface area (Å²) in [6, 6.07) is 7.50. The maximum atomic E-state index is 12.5. The molecule has 1 aromatic rings. The first-order chi connectivity index (χ1) is 10.5. The summed E-state index contributed by atoms with van der Waals surface area (Å²) in [5, 5.41) is 13.5. The Balaban J connectivity index is 2.00. The largest absolute Gasteiger partial charge is 0.393 e. The Bertz CT molecular complexity index is 507. The van der Waals surface area contributed by atoms with Gasteiger partial charge in [0, 0.05) is 24.0 Å². The van der Waals surface area contributed by atoms with E-state index in [9.17, 15) is 9.90 Å². The summed E-state index contributed by atoms with van der Waals surface area (Å²) < 4.78 is 0. The van der Waals surface area contributed by atoms with Crippen LogP contribution in [0.25, 0.3) is 0 Å². The van der Waals surface area contributed by atoms with Gasteiger partial charge < -0.3 is 15.3 Å². The molecule has 122 valence electrons. The van der Waals surface area contributed by atoms with Gasteiger partial charge >= 0.3 is 6.03 Å². The highest BCUT2D eigenvalue weighted by molar-refractivity contribution is 6.30. The van der Waals surface area contributed by atoms with Crippen LogP contribution in [0.2, 0.25) is 5.02 Å². The maximum absolute atomic E-state index is 12.5. The van der Waals surface area contributed by atoms with E-state index in [2.05, 4.69) is 5.32 Å². The molecule has 1 aliphatic rings. The summed E-state index contributed by atoms with van der Waals surface area (Å²) in [4.78, 5) is 14.3. The number of urea groups is 1. The summed E-state index contributed by atoms with van der Waals surface area (Å²) in [6.45, 7) is 5.21. The molecule has 5 heteroatoms. The number of rotatable bonds is 4. The number of hydrogen-bond acceptors (Lipinski definition) is 2. The lowest BCUT2D eigenvalue weighted by molar-refractivity contribution is 0.0732. The highest BCUT2D eigenvalue weighted by atomic mass is 35.5. The molecule has 0 aromatic heterocycles. The van der Waals surface area contributed by atoms with Crippen LogP contribution in [0.5, 0.6) is 0 Å². The fourth-order valence-electron chi connectivity index (χ4n) is 2.97. The first-order valence-corrected chi connectivity index (χ1v) is 8.38. The first kappa shape index (κ1) is 17.1. The Labute approximate surface area is 137 Å². The number of carbonyl (C=O) groups excluding carboxylic acids is 1. The minimum atomic E-state index is -0.370. The lowest BCUT2D eigenvalue weighted by atomic mass is 9.93. The average Bonchev–Trinajstić information content (AvgIpc) is 2.52. The van der Waals surface area contributed by atoms with Gasteiger partial charge in [0.05, 0.1) is 12.1 Å². The fourth-order valence-corrected chi connectivity index (χ4v) is 3.17. The van der Waals surface area contributed by atoms with E-state index in [0.29, 0.717) is 11.6 Å². The lowest BCUT2D eigenvalue weighted by Crippen LogP contribution is -2.48. The molecule has 1 aliphatic heterocycles. The smallest absolute Gasteiger partial charge is 0.317 e. The van der Waals surface area contributed by atoms with Gasteiger partial charge in [-0.05, 0) is 43.9 Å². The van der Waals surface area contributed by atoms with Crippen molar-refractivity contribution in [2.75, 3.05) is 13.1 Å². The second-order valence-corrected chi connectivity index (χ2v) is 6.49. The standard InChI is InChI=1S/C17H25ClN2O2/c1-3-16(13-6-4-8-15(18)10-13)19-17(22)20-9-5-7-14(11-20)12(2)21/h4,6,8,10,12,14,16,21H,3,5,7,9,11H2,1-2H3,(H,19,22). The molecule has 1 fully saturated rings. The molecule has 3 atom stereocenters. The van der Waals surface area contributed by atoms with E-state index in [1.54, 1.807) is 6.92 Å². The van der Waals surface area contributed by atoms with Crippen molar-refractivity contribution < 1.29 is 9.90 Å². The SMILES string of the molecule is CCC(NC(=O)N1CCCC(C(C)O)C1)c1cccc(Cl)c1. The number of likely N-dealkylation sites (tertiary alicyclic amines) is 1. The number of halogens is 1. The van der Waals surface area contributed by atoms with Gasteiger partial charge in [0.15, 0.2) is 0 Å². The van der Waals surface area contributed by atoms with Gasteiger partial charge in [-0.1, -0.05) is 30.7 Å². The van der Waals surface area contributed by atoms with Crippen LogP contribution >= 0.6 is 11.6 Å². The Kier molecular flexibility index (Phi) is 6.09. The third-order valence-electron chi connectivity index (χ3n) is 4.38. The van der Waals surface area contributed by atoms with Crippen LogP contribution in [0.15, 0.2) is 24.3 Å². The molecular weight excluding hydrogens is 300 g/mol. The number of aliphatic hydroxyl groups excluding tert-OH is 1. The van der Waals surface area contributed by atoms with Gasteiger partial charge in [-0.2, -0.15) is 0 Å². The number of aliphatic hydroxyl groups is 1. The minimum absolute atomic E-state index is 0.0434. The van der Waals surface area contributed by atoms with Crippen molar-refractivity contribution in [2.24, 2.45) is 5.92 Å². The van der Waals surface area contributed by atoms with Crippen LogP contribution in [0.4, 0.5) is 4.79 Å². The quantitative estimate of drug-likeness (QED) is 0.889. The van der Waals surface area contributed by atoms with Crippen molar-refractivity contribution in [3.63, 3.8) is 0 Å². The van der Waals surface area contributed by atoms with E-state index in [1.165, 1.54) is 0 Å². The van der Waals surface area contributed by atoms with Crippen LogP contribution in [-0.2, 0) is 0 Å².